The molecule has 1 fully saturated rings. The van der Waals surface area contributed by atoms with E-state index in [2.05, 4.69) is 26.3 Å². The maximum Gasteiger partial charge on any atom is 0.333 e. The van der Waals surface area contributed by atoms with Crippen LogP contribution < -0.4 is 0 Å². The van der Waals surface area contributed by atoms with Crippen LogP contribution in [0, 0.1) is 22.7 Å². The Morgan fingerprint density at radius 3 is 1.09 bits per heavy atom. The number of ether oxygens (including phenoxy) is 8. The molecule has 0 atom stereocenters. The van der Waals surface area contributed by atoms with Gasteiger partial charge in [0.25, 0.3) is 0 Å². The normalized spacial score (nSPS) is 15.3. The molecule has 0 aromatic rings. The first-order valence-corrected chi connectivity index (χ1v) is 19.5. The van der Waals surface area contributed by atoms with Gasteiger partial charge in [0.15, 0.2) is 5.41 Å². The molecule has 1 saturated carbocycles. The van der Waals surface area contributed by atoms with Gasteiger partial charge in [0.1, 0.15) is 0 Å². The van der Waals surface area contributed by atoms with E-state index in [4.69, 9.17) is 37.9 Å². The highest BCUT2D eigenvalue weighted by molar-refractivity contribution is 6.04. The minimum absolute atomic E-state index is 0.00241. The molecule has 15 heteroatoms. The van der Waals surface area contributed by atoms with Crippen LogP contribution in [0.5, 0.6) is 0 Å². The second-order valence-electron chi connectivity index (χ2n) is 13.8. The van der Waals surface area contributed by atoms with Gasteiger partial charge >= 0.3 is 41.8 Å². The zero-order valence-electron chi connectivity index (χ0n) is 34.6. The lowest BCUT2D eigenvalue weighted by Crippen LogP contribution is -2.44. The summed E-state index contributed by atoms with van der Waals surface area (Å²) >= 11 is 0. The molecule has 15 nitrogen and oxygen atoms in total. The molecule has 57 heavy (non-hydrogen) atoms. The minimum atomic E-state index is -2.18. The van der Waals surface area contributed by atoms with Crippen LogP contribution in [0.2, 0.25) is 0 Å². The molecule has 0 spiro atoms. The maximum absolute atomic E-state index is 13.9. The quantitative estimate of drug-likeness (QED) is 0.0438. The Labute approximate surface area is 336 Å². The van der Waals surface area contributed by atoms with Crippen LogP contribution in [0.3, 0.4) is 0 Å². The summed E-state index contributed by atoms with van der Waals surface area (Å²) in [6, 6.07) is 0. The highest BCUT2D eigenvalue weighted by atomic mass is 16.6. The van der Waals surface area contributed by atoms with Crippen molar-refractivity contribution in [3.05, 3.63) is 48.6 Å². The summed E-state index contributed by atoms with van der Waals surface area (Å²) in [4.78, 5) is 91.6. The minimum Gasteiger partial charge on any atom is -0.465 e. The Morgan fingerprint density at radius 2 is 0.754 bits per heavy atom. The van der Waals surface area contributed by atoms with E-state index in [1.165, 1.54) is 0 Å². The van der Waals surface area contributed by atoms with Gasteiger partial charge in [0.2, 0.25) is 0 Å². The summed E-state index contributed by atoms with van der Waals surface area (Å²) in [5.74, 6) is -6.01. The van der Waals surface area contributed by atoms with E-state index >= 15 is 0 Å². The second kappa shape index (κ2) is 25.5. The summed E-state index contributed by atoms with van der Waals surface area (Å²) in [6.45, 7) is 25.0. The molecule has 0 N–H and O–H groups in total. The molecule has 0 unspecified atom stereocenters. The third kappa shape index (κ3) is 15.6. The van der Waals surface area contributed by atoms with Crippen LogP contribution in [-0.2, 0) is 71.5 Å². The van der Waals surface area contributed by atoms with Crippen molar-refractivity contribution in [3.8, 4) is 0 Å². The van der Waals surface area contributed by atoms with Crippen molar-refractivity contribution in [2.75, 3.05) is 59.5 Å². The molecule has 1 aliphatic rings. The lowest BCUT2D eigenvalue weighted by molar-refractivity contribution is -0.174. The number of hydrogen-bond donors (Lipinski definition) is 0. The zero-order chi connectivity index (χ0) is 43.2. The van der Waals surface area contributed by atoms with E-state index in [0.29, 0.717) is 25.7 Å². The number of hydrogen-bond acceptors (Lipinski definition) is 15. The standard InChI is InChI=1S/C42H62O15/c1-11-50-27-41(21-28(7)34(43)51-12-2,22-29(8)35(44)52-13-3)38(47)56-25-32-17-19-33(20-18-32)26-57-40(49)42(39(48)55-16-6,23-30(9)36(45)53-14-4)24-31(10)37(46)54-15-5/h32-33H,7-27H2,1-6H3. The summed E-state index contributed by atoms with van der Waals surface area (Å²) in [5, 5.41) is 0. The fraction of sp³-hybridized carbons (Fsp3) is 0.643. The van der Waals surface area contributed by atoms with Gasteiger partial charge in [-0.3, -0.25) is 14.4 Å². The number of rotatable bonds is 27. The molecule has 0 amide bonds. The summed E-state index contributed by atoms with van der Waals surface area (Å²) < 4.78 is 42.8. The van der Waals surface area contributed by atoms with Crippen molar-refractivity contribution in [1.29, 1.82) is 0 Å². The molecule has 0 aromatic heterocycles. The average molecular weight is 807 g/mol. The largest absolute Gasteiger partial charge is 0.465 e. The van der Waals surface area contributed by atoms with Gasteiger partial charge in [-0.05, 0) is 91.9 Å². The first-order chi connectivity index (χ1) is 27.0. The van der Waals surface area contributed by atoms with Crippen LogP contribution in [0.4, 0.5) is 0 Å². The van der Waals surface area contributed by atoms with Gasteiger partial charge in [-0.25, -0.2) is 19.2 Å². The SMILES string of the molecule is C=C(CC(COCC)(CC(=C)C(=O)OCC)C(=O)OCC1CCC(COC(=O)C(CC(=C)C(=O)OCC)(CC(=C)C(=O)OCC)C(=O)OCC)CC1)C(=O)OCC. The van der Waals surface area contributed by atoms with Crippen molar-refractivity contribution in [2.24, 2.45) is 22.7 Å². The Bertz CT molecular complexity index is 1400. The summed E-state index contributed by atoms with van der Waals surface area (Å²) in [7, 11) is 0. The molecule has 0 heterocycles. The Morgan fingerprint density at radius 1 is 0.439 bits per heavy atom. The molecule has 1 aliphatic carbocycles. The first-order valence-electron chi connectivity index (χ1n) is 19.5. The van der Waals surface area contributed by atoms with Gasteiger partial charge in [-0.1, -0.05) is 26.3 Å². The fourth-order valence-corrected chi connectivity index (χ4v) is 6.38. The van der Waals surface area contributed by atoms with Crippen molar-refractivity contribution in [1.82, 2.24) is 0 Å². The van der Waals surface area contributed by atoms with Gasteiger partial charge < -0.3 is 37.9 Å². The maximum atomic E-state index is 13.9. The molecule has 0 saturated heterocycles. The topological polar surface area (TPSA) is 193 Å². The zero-order valence-corrected chi connectivity index (χ0v) is 34.6. The van der Waals surface area contributed by atoms with Crippen molar-refractivity contribution in [2.45, 2.75) is 92.9 Å². The molecule has 320 valence electrons. The lowest BCUT2D eigenvalue weighted by Gasteiger charge is -2.34. The van der Waals surface area contributed by atoms with Crippen molar-refractivity contribution >= 4 is 41.8 Å². The third-order valence-corrected chi connectivity index (χ3v) is 9.33. The van der Waals surface area contributed by atoms with Crippen LogP contribution in [-0.4, -0.2) is 101 Å². The van der Waals surface area contributed by atoms with E-state index in [1.54, 1.807) is 41.5 Å². The lowest BCUT2D eigenvalue weighted by atomic mass is 9.76. The predicted octanol–water partition coefficient (Wildman–Crippen LogP) is 5.49. The van der Waals surface area contributed by atoms with Gasteiger partial charge in [0, 0.05) is 41.7 Å². The van der Waals surface area contributed by atoms with E-state index in [-0.39, 0.29) is 106 Å². The number of carbonyl (C=O) groups excluding carboxylic acids is 7. The molecule has 1 rings (SSSR count). The molecule has 0 radical (unpaired) electrons. The predicted molar refractivity (Wildman–Crippen MR) is 207 cm³/mol. The summed E-state index contributed by atoms with van der Waals surface area (Å²) in [5.41, 5.74) is -4.11. The monoisotopic (exact) mass is 806 g/mol. The van der Waals surface area contributed by atoms with Crippen molar-refractivity contribution < 1.29 is 71.5 Å². The molecular formula is C42H62O15. The van der Waals surface area contributed by atoms with Gasteiger partial charge in [0.05, 0.1) is 58.3 Å². The first kappa shape index (κ1) is 50.2. The van der Waals surface area contributed by atoms with Gasteiger partial charge in [-0.2, -0.15) is 0 Å². The molecular weight excluding hydrogens is 744 g/mol. The summed E-state index contributed by atoms with van der Waals surface area (Å²) in [6.07, 6.45) is 0.773. The molecule has 0 aliphatic heterocycles. The van der Waals surface area contributed by atoms with Crippen molar-refractivity contribution in [3.63, 3.8) is 0 Å². The average Bonchev–Trinajstić information content (AvgIpc) is 3.18. The number of carbonyl (C=O) groups is 7. The van der Waals surface area contributed by atoms with E-state index in [1.807, 2.05) is 0 Å². The fourth-order valence-electron chi connectivity index (χ4n) is 6.38. The Kier molecular flexibility index (Phi) is 22.4. The highest BCUT2D eigenvalue weighted by Crippen LogP contribution is 2.39. The third-order valence-electron chi connectivity index (χ3n) is 9.33. The Balaban J connectivity index is 3.18. The second-order valence-corrected chi connectivity index (χ2v) is 13.8. The van der Waals surface area contributed by atoms with Crippen LogP contribution in [0.15, 0.2) is 48.6 Å². The Hall–Kier alpha value is -4.79. The van der Waals surface area contributed by atoms with Crippen LogP contribution in [0.25, 0.3) is 0 Å². The van der Waals surface area contributed by atoms with E-state index in [9.17, 15) is 33.6 Å². The molecule has 0 aromatic carbocycles. The van der Waals surface area contributed by atoms with Crippen LogP contribution in [0.1, 0.15) is 92.9 Å². The van der Waals surface area contributed by atoms with E-state index in [0.717, 1.165) is 0 Å². The molecule has 0 bridgehead atoms. The van der Waals surface area contributed by atoms with Crippen LogP contribution >= 0.6 is 0 Å². The van der Waals surface area contributed by atoms with E-state index < -0.39 is 65.5 Å². The van der Waals surface area contributed by atoms with Gasteiger partial charge in [-0.15, -0.1) is 0 Å². The number of esters is 7. The highest BCUT2D eigenvalue weighted by Gasteiger charge is 2.51. The smallest absolute Gasteiger partial charge is 0.333 e.